The third-order valence-corrected chi connectivity index (χ3v) is 4.11. The molecule has 4 nitrogen and oxygen atoms in total. The summed E-state index contributed by atoms with van der Waals surface area (Å²) in [4.78, 5) is 23.0. The molecular weight excluding hydrogens is 292 g/mol. The standard InChI is InChI=1S/C19H28O4/c1-4-5-9-14-11-12-16(18(20)21)17(19(22)23)15(14)10-7-6-8-13(2)3/h11-13H,4-10H2,1-3H3,(H,20,21)(H,22,23). The second-order valence-electron chi connectivity index (χ2n) is 6.48. The summed E-state index contributed by atoms with van der Waals surface area (Å²) >= 11 is 0. The van der Waals surface area contributed by atoms with Gasteiger partial charge < -0.3 is 10.2 Å². The van der Waals surface area contributed by atoms with E-state index in [1.807, 2.05) is 0 Å². The first-order chi connectivity index (χ1) is 10.9. The second kappa shape index (κ2) is 9.33. The Hall–Kier alpha value is -1.84. The lowest BCUT2D eigenvalue weighted by Crippen LogP contribution is -2.14. The van der Waals surface area contributed by atoms with Crippen LogP contribution < -0.4 is 0 Å². The number of rotatable bonds is 10. The van der Waals surface area contributed by atoms with Crippen molar-refractivity contribution in [1.82, 2.24) is 0 Å². The first kappa shape index (κ1) is 19.2. The molecule has 0 aliphatic heterocycles. The molecule has 1 aromatic rings. The van der Waals surface area contributed by atoms with E-state index in [0.717, 1.165) is 49.7 Å². The van der Waals surface area contributed by atoms with Crippen LogP contribution in [0.3, 0.4) is 0 Å². The number of carboxylic acid groups (broad SMARTS) is 2. The van der Waals surface area contributed by atoms with E-state index >= 15 is 0 Å². The van der Waals surface area contributed by atoms with Gasteiger partial charge in [0.05, 0.1) is 11.1 Å². The van der Waals surface area contributed by atoms with Gasteiger partial charge in [0.2, 0.25) is 0 Å². The molecule has 128 valence electrons. The van der Waals surface area contributed by atoms with E-state index in [-0.39, 0.29) is 11.1 Å². The van der Waals surface area contributed by atoms with Gasteiger partial charge in [-0.2, -0.15) is 0 Å². The Labute approximate surface area is 138 Å². The minimum atomic E-state index is -1.17. The molecule has 0 atom stereocenters. The lowest BCUT2D eigenvalue weighted by molar-refractivity contribution is 0.0650. The fraction of sp³-hybridized carbons (Fsp3) is 0.579. The highest BCUT2D eigenvalue weighted by Gasteiger charge is 2.22. The van der Waals surface area contributed by atoms with Gasteiger partial charge in [-0.25, -0.2) is 9.59 Å². The van der Waals surface area contributed by atoms with Crippen molar-refractivity contribution in [3.8, 4) is 0 Å². The summed E-state index contributed by atoms with van der Waals surface area (Å²) in [5, 5.41) is 18.8. The van der Waals surface area contributed by atoms with Crippen molar-refractivity contribution < 1.29 is 19.8 Å². The molecule has 0 aromatic heterocycles. The smallest absolute Gasteiger partial charge is 0.336 e. The lowest BCUT2D eigenvalue weighted by Gasteiger charge is -2.15. The summed E-state index contributed by atoms with van der Waals surface area (Å²) in [7, 11) is 0. The zero-order valence-electron chi connectivity index (χ0n) is 14.4. The Kier molecular flexibility index (Phi) is 7.79. The Morgan fingerprint density at radius 2 is 1.70 bits per heavy atom. The van der Waals surface area contributed by atoms with Gasteiger partial charge in [-0.05, 0) is 48.8 Å². The van der Waals surface area contributed by atoms with E-state index < -0.39 is 11.9 Å². The highest BCUT2D eigenvalue weighted by atomic mass is 16.4. The summed E-state index contributed by atoms with van der Waals surface area (Å²) in [5.41, 5.74) is 1.58. The molecule has 0 aliphatic rings. The highest BCUT2D eigenvalue weighted by molar-refractivity contribution is 6.03. The number of unbranched alkanes of at least 4 members (excludes halogenated alkanes) is 2. The van der Waals surface area contributed by atoms with Crippen molar-refractivity contribution in [1.29, 1.82) is 0 Å². The number of carboxylic acids is 2. The highest BCUT2D eigenvalue weighted by Crippen LogP contribution is 2.24. The van der Waals surface area contributed by atoms with Crippen LogP contribution in [0.5, 0.6) is 0 Å². The maximum atomic E-state index is 11.7. The first-order valence-electron chi connectivity index (χ1n) is 8.49. The summed E-state index contributed by atoms with van der Waals surface area (Å²) in [6, 6.07) is 3.23. The van der Waals surface area contributed by atoms with E-state index in [1.165, 1.54) is 6.07 Å². The molecule has 0 spiro atoms. The first-order valence-corrected chi connectivity index (χ1v) is 8.49. The Morgan fingerprint density at radius 1 is 1.00 bits per heavy atom. The molecule has 1 aromatic carbocycles. The van der Waals surface area contributed by atoms with E-state index in [0.29, 0.717) is 12.3 Å². The van der Waals surface area contributed by atoms with Crippen LogP contribution in [-0.4, -0.2) is 22.2 Å². The fourth-order valence-electron chi connectivity index (χ4n) is 2.85. The maximum absolute atomic E-state index is 11.7. The largest absolute Gasteiger partial charge is 0.478 e. The van der Waals surface area contributed by atoms with Crippen molar-refractivity contribution in [3.63, 3.8) is 0 Å². The van der Waals surface area contributed by atoms with Crippen LogP contribution in [0.2, 0.25) is 0 Å². The van der Waals surface area contributed by atoms with Crippen molar-refractivity contribution >= 4 is 11.9 Å². The monoisotopic (exact) mass is 320 g/mol. The average molecular weight is 320 g/mol. The van der Waals surface area contributed by atoms with Gasteiger partial charge in [0.25, 0.3) is 0 Å². The molecule has 0 saturated heterocycles. The van der Waals surface area contributed by atoms with Crippen LogP contribution in [0.25, 0.3) is 0 Å². The van der Waals surface area contributed by atoms with Crippen LogP contribution in [0, 0.1) is 5.92 Å². The van der Waals surface area contributed by atoms with Crippen LogP contribution in [0.1, 0.15) is 84.7 Å². The van der Waals surface area contributed by atoms with Gasteiger partial charge in [-0.1, -0.05) is 46.1 Å². The molecule has 0 bridgehead atoms. The predicted molar refractivity (Wildman–Crippen MR) is 91.4 cm³/mol. The molecule has 0 saturated carbocycles. The number of benzene rings is 1. The third-order valence-electron chi connectivity index (χ3n) is 4.11. The fourth-order valence-corrected chi connectivity index (χ4v) is 2.85. The maximum Gasteiger partial charge on any atom is 0.336 e. The molecule has 0 radical (unpaired) electrons. The zero-order valence-corrected chi connectivity index (χ0v) is 14.4. The van der Waals surface area contributed by atoms with E-state index in [4.69, 9.17) is 0 Å². The minimum absolute atomic E-state index is 0.0179. The Bertz CT molecular complexity index is 547. The lowest BCUT2D eigenvalue weighted by atomic mass is 9.89. The van der Waals surface area contributed by atoms with E-state index in [1.54, 1.807) is 6.07 Å². The number of carbonyl (C=O) groups is 2. The van der Waals surface area contributed by atoms with Gasteiger partial charge in [0, 0.05) is 0 Å². The summed E-state index contributed by atoms with van der Waals surface area (Å²) in [6.07, 6.45) is 6.46. The average Bonchev–Trinajstić information content (AvgIpc) is 2.48. The molecule has 4 heteroatoms. The van der Waals surface area contributed by atoms with Crippen LogP contribution in [0.15, 0.2) is 12.1 Å². The molecule has 1 rings (SSSR count). The quantitative estimate of drug-likeness (QED) is 0.608. The summed E-state index contributed by atoms with van der Waals surface area (Å²) < 4.78 is 0. The molecule has 23 heavy (non-hydrogen) atoms. The van der Waals surface area contributed by atoms with Crippen molar-refractivity contribution in [3.05, 3.63) is 34.4 Å². The Morgan fingerprint density at radius 3 is 2.22 bits per heavy atom. The molecule has 0 amide bonds. The van der Waals surface area contributed by atoms with Crippen molar-refractivity contribution in [2.75, 3.05) is 0 Å². The normalized spacial score (nSPS) is 11.0. The van der Waals surface area contributed by atoms with Crippen LogP contribution in [0.4, 0.5) is 0 Å². The summed E-state index contributed by atoms with van der Waals surface area (Å²) in [6.45, 7) is 6.42. The predicted octanol–water partition coefficient (Wildman–Crippen LogP) is 4.79. The molecule has 2 N–H and O–H groups in total. The third kappa shape index (κ3) is 5.70. The molecule has 0 unspecified atom stereocenters. The van der Waals surface area contributed by atoms with Gasteiger partial charge in [0.1, 0.15) is 0 Å². The van der Waals surface area contributed by atoms with Gasteiger partial charge in [-0.15, -0.1) is 0 Å². The second-order valence-corrected chi connectivity index (χ2v) is 6.48. The van der Waals surface area contributed by atoms with Crippen LogP contribution >= 0.6 is 0 Å². The minimum Gasteiger partial charge on any atom is -0.478 e. The van der Waals surface area contributed by atoms with Gasteiger partial charge >= 0.3 is 11.9 Å². The summed E-state index contributed by atoms with van der Waals surface area (Å²) in [5.74, 6) is -1.69. The van der Waals surface area contributed by atoms with E-state index in [9.17, 15) is 19.8 Å². The molecule has 0 fully saturated rings. The number of hydrogen-bond donors (Lipinski definition) is 2. The van der Waals surface area contributed by atoms with Crippen molar-refractivity contribution in [2.24, 2.45) is 5.92 Å². The van der Waals surface area contributed by atoms with Crippen LogP contribution in [-0.2, 0) is 12.8 Å². The topological polar surface area (TPSA) is 74.6 Å². The number of aryl methyl sites for hydroxylation is 1. The van der Waals surface area contributed by atoms with Crippen molar-refractivity contribution in [2.45, 2.75) is 65.7 Å². The van der Waals surface area contributed by atoms with Gasteiger partial charge in [-0.3, -0.25) is 0 Å². The SMILES string of the molecule is CCCCc1ccc(C(=O)O)c(C(=O)O)c1CCCCC(C)C. The van der Waals surface area contributed by atoms with E-state index in [2.05, 4.69) is 20.8 Å². The Balaban J connectivity index is 3.14. The number of hydrogen-bond acceptors (Lipinski definition) is 2. The van der Waals surface area contributed by atoms with Gasteiger partial charge in [0.15, 0.2) is 0 Å². The molecular formula is C19H28O4. The number of aromatic carboxylic acids is 2. The molecule has 0 heterocycles. The molecule has 0 aliphatic carbocycles. The zero-order chi connectivity index (χ0) is 17.4.